The lowest BCUT2D eigenvalue weighted by Crippen LogP contribution is -2.13. The van der Waals surface area contributed by atoms with E-state index in [0.717, 1.165) is 17.7 Å². The van der Waals surface area contributed by atoms with Crippen molar-refractivity contribution in [3.63, 3.8) is 0 Å². The van der Waals surface area contributed by atoms with E-state index in [4.69, 9.17) is 0 Å². The first-order chi connectivity index (χ1) is 8.72. The zero-order chi connectivity index (χ0) is 13.0. The Bertz CT molecular complexity index is 451. The van der Waals surface area contributed by atoms with Crippen LogP contribution in [0, 0.1) is 0 Å². The van der Waals surface area contributed by atoms with Crippen LogP contribution in [0.4, 0.5) is 0 Å². The van der Waals surface area contributed by atoms with E-state index in [0.29, 0.717) is 24.2 Å². The standard InChI is InChI=1S/C15H18O2S/c1-2-6-14(15-12(16)9-10-13(15)17)18-11-7-4-3-5-8-11/h3-5,7-8,14,16H,2,6,9-10H2,1H3. The molecule has 0 bridgehead atoms. The molecular weight excluding hydrogens is 244 g/mol. The molecule has 0 saturated heterocycles. The molecule has 96 valence electrons. The van der Waals surface area contributed by atoms with E-state index in [1.807, 2.05) is 30.3 Å². The molecule has 0 aromatic heterocycles. The van der Waals surface area contributed by atoms with Crippen molar-refractivity contribution in [3.05, 3.63) is 41.7 Å². The Labute approximate surface area is 112 Å². The maximum absolute atomic E-state index is 11.9. The van der Waals surface area contributed by atoms with Crippen LogP contribution in [0.15, 0.2) is 46.6 Å². The summed E-state index contributed by atoms with van der Waals surface area (Å²) in [5.41, 5.74) is 0.658. The highest BCUT2D eigenvalue weighted by Crippen LogP contribution is 2.36. The van der Waals surface area contributed by atoms with Crippen molar-refractivity contribution < 1.29 is 9.90 Å². The van der Waals surface area contributed by atoms with Crippen molar-refractivity contribution in [2.24, 2.45) is 0 Å². The van der Waals surface area contributed by atoms with Gasteiger partial charge in [0.2, 0.25) is 0 Å². The third-order valence-corrected chi connectivity index (χ3v) is 4.39. The van der Waals surface area contributed by atoms with Gasteiger partial charge in [0.25, 0.3) is 0 Å². The lowest BCUT2D eigenvalue weighted by atomic mass is 10.1. The fourth-order valence-corrected chi connectivity index (χ4v) is 3.60. The van der Waals surface area contributed by atoms with Gasteiger partial charge in [0.1, 0.15) is 5.76 Å². The van der Waals surface area contributed by atoms with Crippen LogP contribution in [-0.2, 0) is 4.79 Å². The number of hydrogen-bond acceptors (Lipinski definition) is 3. The molecule has 0 amide bonds. The Hall–Kier alpha value is -1.22. The summed E-state index contributed by atoms with van der Waals surface area (Å²) in [7, 11) is 0. The van der Waals surface area contributed by atoms with Crippen molar-refractivity contribution in [2.75, 3.05) is 0 Å². The van der Waals surface area contributed by atoms with Crippen molar-refractivity contribution in [3.8, 4) is 0 Å². The van der Waals surface area contributed by atoms with Crippen molar-refractivity contribution >= 4 is 17.5 Å². The van der Waals surface area contributed by atoms with E-state index in [1.165, 1.54) is 0 Å². The molecule has 2 rings (SSSR count). The third-order valence-electron chi connectivity index (χ3n) is 3.09. The van der Waals surface area contributed by atoms with Crippen molar-refractivity contribution in [1.82, 2.24) is 0 Å². The third kappa shape index (κ3) is 2.96. The van der Waals surface area contributed by atoms with Crippen molar-refractivity contribution in [2.45, 2.75) is 42.8 Å². The van der Waals surface area contributed by atoms with Gasteiger partial charge >= 0.3 is 0 Å². The van der Waals surface area contributed by atoms with Gasteiger partial charge in [-0.05, 0) is 18.6 Å². The summed E-state index contributed by atoms with van der Waals surface area (Å²) in [5.74, 6) is 0.427. The van der Waals surface area contributed by atoms with E-state index in [9.17, 15) is 9.90 Å². The van der Waals surface area contributed by atoms with Gasteiger partial charge in [0.05, 0.1) is 0 Å². The second-order valence-corrected chi connectivity index (χ2v) is 5.77. The molecule has 1 aromatic carbocycles. The summed E-state index contributed by atoms with van der Waals surface area (Å²) in [5, 5.41) is 9.97. The maximum atomic E-state index is 11.9. The van der Waals surface area contributed by atoms with Gasteiger partial charge in [0, 0.05) is 28.6 Å². The maximum Gasteiger partial charge on any atom is 0.163 e. The van der Waals surface area contributed by atoms with Crippen LogP contribution in [0.25, 0.3) is 0 Å². The van der Waals surface area contributed by atoms with Crippen LogP contribution in [0.1, 0.15) is 32.6 Å². The van der Waals surface area contributed by atoms with E-state index in [-0.39, 0.29) is 11.0 Å². The molecule has 1 aliphatic rings. The Morgan fingerprint density at radius 3 is 2.56 bits per heavy atom. The van der Waals surface area contributed by atoms with Gasteiger partial charge < -0.3 is 5.11 Å². The van der Waals surface area contributed by atoms with Gasteiger partial charge in [-0.2, -0.15) is 0 Å². The number of Topliss-reactive ketones (excluding diaryl/α,β-unsaturated/α-hetero) is 1. The number of ketones is 1. The molecule has 0 heterocycles. The number of benzene rings is 1. The quantitative estimate of drug-likeness (QED) is 0.811. The Morgan fingerprint density at radius 2 is 2.00 bits per heavy atom. The van der Waals surface area contributed by atoms with E-state index in [1.54, 1.807) is 11.8 Å². The number of rotatable bonds is 5. The number of thioether (sulfide) groups is 1. The first-order valence-corrected chi connectivity index (χ1v) is 7.27. The summed E-state index contributed by atoms with van der Waals surface area (Å²) < 4.78 is 0. The molecule has 2 nitrogen and oxygen atoms in total. The molecule has 1 N–H and O–H groups in total. The lowest BCUT2D eigenvalue weighted by molar-refractivity contribution is -0.115. The number of hydrogen-bond donors (Lipinski definition) is 1. The van der Waals surface area contributed by atoms with Crippen LogP contribution in [0.5, 0.6) is 0 Å². The molecule has 0 fully saturated rings. The molecule has 0 aliphatic heterocycles. The molecule has 0 saturated carbocycles. The minimum Gasteiger partial charge on any atom is -0.512 e. The zero-order valence-electron chi connectivity index (χ0n) is 10.6. The zero-order valence-corrected chi connectivity index (χ0v) is 11.4. The minimum absolute atomic E-state index is 0.0902. The Kier molecular flexibility index (Phi) is 4.48. The second-order valence-electron chi connectivity index (χ2n) is 4.49. The SMILES string of the molecule is CCCC(Sc1ccccc1)C1=C(O)CCC1=O. The monoisotopic (exact) mass is 262 g/mol. The first kappa shape index (κ1) is 13.2. The van der Waals surface area contributed by atoms with Gasteiger partial charge in [-0.25, -0.2) is 0 Å². The highest BCUT2D eigenvalue weighted by Gasteiger charge is 2.29. The van der Waals surface area contributed by atoms with Crippen LogP contribution >= 0.6 is 11.8 Å². The number of carbonyl (C=O) groups is 1. The fraction of sp³-hybridized carbons (Fsp3) is 0.400. The highest BCUT2D eigenvalue weighted by atomic mass is 32.2. The van der Waals surface area contributed by atoms with Crippen molar-refractivity contribution in [1.29, 1.82) is 0 Å². The predicted molar refractivity (Wildman–Crippen MR) is 74.9 cm³/mol. The van der Waals surface area contributed by atoms with Gasteiger partial charge in [0.15, 0.2) is 5.78 Å². The fourth-order valence-electron chi connectivity index (χ4n) is 2.22. The topological polar surface area (TPSA) is 37.3 Å². The van der Waals surface area contributed by atoms with Crippen LogP contribution in [0.2, 0.25) is 0 Å². The molecule has 0 radical (unpaired) electrons. The van der Waals surface area contributed by atoms with Crippen LogP contribution in [-0.4, -0.2) is 16.1 Å². The van der Waals surface area contributed by atoms with Gasteiger partial charge in [-0.3, -0.25) is 4.79 Å². The number of aliphatic hydroxyl groups is 1. The minimum atomic E-state index is 0.0902. The van der Waals surface area contributed by atoms with Gasteiger partial charge in [-0.15, -0.1) is 11.8 Å². The predicted octanol–water partition coefficient (Wildman–Crippen LogP) is 4.12. The summed E-state index contributed by atoms with van der Waals surface area (Å²) in [6.07, 6.45) is 2.92. The largest absolute Gasteiger partial charge is 0.512 e. The number of aliphatic hydroxyl groups excluding tert-OH is 1. The van der Waals surface area contributed by atoms with E-state index >= 15 is 0 Å². The summed E-state index contributed by atoms with van der Waals surface area (Å²) in [6, 6.07) is 10.1. The molecule has 0 spiro atoms. The number of carbonyl (C=O) groups excluding carboxylic acids is 1. The van der Waals surface area contributed by atoms with E-state index < -0.39 is 0 Å². The van der Waals surface area contributed by atoms with Crippen LogP contribution < -0.4 is 0 Å². The average molecular weight is 262 g/mol. The second kappa shape index (κ2) is 6.10. The summed E-state index contributed by atoms with van der Waals surface area (Å²) in [4.78, 5) is 13.0. The highest BCUT2D eigenvalue weighted by molar-refractivity contribution is 8.00. The molecule has 18 heavy (non-hydrogen) atoms. The lowest BCUT2D eigenvalue weighted by Gasteiger charge is -2.16. The summed E-state index contributed by atoms with van der Waals surface area (Å²) in [6.45, 7) is 2.11. The summed E-state index contributed by atoms with van der Waals surface area (Å²) >= 11 is 1.68. The molecule has 1 atom stereocenters. The average Bonchev–Trinajstić information content (AvgIpc) is 2.70. The smallest absolute Gasteiger partial charge is 0.163 e. The van der Waals surface area contributed by atoms with Gasteiger partial charge in [-0.1, -0.05) is 31.5 Å². The molecular formula is C15H18O2S. The van der Waals surface area contributed by atoms with Crippen LogP contribution in [0.3, 0.4) is 0 Å². The first-order valence-electron chi connectivity index (χ1n) is 6.39. The Balaban J connectivity index is 2.19. The van der Waals surface area contributed by atoms with E-state index in [2.05, 4.69) is 6.92 Å². The molecule has 1 aromatic rings. The Morgan fingerprint density at radius 1 is 1.28 bits per heavy atom. The number of allylic oxidation sites excluding steroid dienone is 1. The normalized spacial score (nSPS) is 17.3. The molecule has 1 aliphatic carbocycles. The molecule has 3 heteroatoms. The molecule has 1 unspecified atom stereocenters.